The first-order valence-corrected chi connectivity index (χ1v) is 13.3. The summed E-state index contributed by atoms with van der Waals surface area (Å²) >= 11 is 3.62. The SMILES string of the molecule is CCCCCN(C(=O)CC(C)C)C(C)c1nc2ccccc2c(=O)n1-c1cc(OC)cc(OC)c1Br. The molecule has 1 heterocycles. The van der Waals surface area contributed by atoms with Crippen molar-refractivity contribution in [1.82, 2.24) is 14.5 Å². The van der Waals surface area contributed by atoms with Crippen LogP contribution in [0.5, 0.6) is 11.5 Å². The molecule has 2 aromatic carbocycles. The van der Waals surface area contributed by atoms with Gasteiger partial charge < -0.3 is 14.4 Å². The predicted octanol–water partition coefficient (Wildman–Crippen LogP) is 6.29. The molecule has 0 radical (unpaired) electrons. The molecule has 0 fully saturated rings. The van der Waals surface area contributed by atoms with Crippen LogP contribution in [0.2, 0.25) is 0 Å². The summed E-state index contributed by atoms with van der Waals surface area (Å²) in [5, 5.41) is 0.494. The van der Waals surface area contributed by atoms with Crippen molar-refractivity contribution in [1.29, 1.82) is 0 Å². The monoisotopic (exact) mass is 557 g/mol. The molecule has 0 aliphatic rings. The Morgan fingerprint density at radius 3 is 2.47 bits per heavy atom. The van der Waals surface area contributed by atoms with E-state index in [2.05, 4.69) is 22.9 Å². The van der Waals surface area contributed by atoms with Crippen molar-refractivity contribution in [2.24, 2.45) is 5.92 Å². The van der Waals surface area contributed by atoms with Crippen LogP contribution in [0.25, 0.3) is 16.6 Å². The van der Waals surface area contributed by atoms with Crippen molar-refractivity contribution in [3.63, 3.8) is 0 Å². The third-order valence-corrected chi connectivity index (χ3v) is 7.04. The number of carbonyl (C=O) groups excluding carboxylic acids is 1. The second-order valence-corrected chi connectivity index (χ2v) is 10.2. The van der Waals surface area contributed by atoms with Crippen LogP contribution in [-0.2, 0) is 4.79 Å². The van der Waals surface area contributed by atoms with E-state index >= 15 is 0 Å². The lowest BCUT2D eigenvalue weighted by atomic mass is 10.1. The zero-order chi connectivity index (χ0) is 26.4. The summed E-state index contributed by atoms with van der Waals surface area (Å²) in [6, 6.07) is 10.4. The number of nitrogens with zero attached hydrogens (tertiary/aromatic N) is 3. The van der Waals surface area contributed by atoms with Crippen molar-refractivity contribution in [2.45, 2.75) is 59.4 Å². The van der Waals surface area contributed by atoms with E-state index in [1.165, 1.54) is 0 Å². The van der Waals surface area contributed by atoms with Gasteiger partial charge in [-0.2, -0.15) is 0 Å². The molecule has 3 rings (SSSR count). The number of benzene rings is 2. The first kappa shape index (κ1) is 27.7. The molecule has 0 N–H and O–H groups in total. The van der Waals surface area contributed by atoms with Crippen LogP contribution >= 0.6 is 15.9 Å². The van der Waals surface area contributed by atoms with Crippen molar-refractivity contribution in [3.8, 4) is 17.2 Å². The maximum atomic E-state index is 14.0. The highest BCUT2D eigenvalue weighted by atomic mass is 79.9. The van der Waals surface area contributed by atoms with Gasteiger partial charge in [0.05, 0.1) is 41.3 Å². The highest BCUT2D eigenvalue weighted by molar-refractivity contribution is 9.10. The number of carbonyl (C=O) groups is 1. The number of methoxy groups -OCH3 is 2. The normalized spacial score (nSPS) is 12.1. The Bertz CT molecular complexity index is 1270. The Kier molecular flexibility index (Phi) is 9.54. The van der Waals surface area contributed by atoms with Crippen LogP contribution in [0, 0.1) is 5.92 Å². The molecular formula is C28H36BrN3O4. The fraction of sp³-hybridized carbons (Fsp3) is 0.464. The Balaban J connectivity index is 2.30. The lowest BCUT2D eigenvalue weighted by molar-refractivity contribution is -0.134. The minimum absolute atomic E-state index is 0.0600. The van der Waals surface area contributed by atoms with E-state index < -0.39 is 6.04 Å². The molecule has 0 aliphatic heterocycles. The van der Waals surface area contributed by atoms with E-state index in [9.17, 15) is 9.59 Å². The highest BCUT2D eigenvalue weighted by Crippen LogP contribution is 2.37. The number of halogens is 1. The number of amides is 1. The van der Waals surface area contributed by atoms with Gasteiger partial charge in [0.2, 0.25) is 5.91 Å². The zero-order valence-electron chi connectivity index (χ0n) is 22.0. The summed E-state index contributed by atoms with van der Waals surface area (Å²) in [5.41, 5.74) is 0.917. The number of unbranched alkanes of at least 4 members (excludes halogenated alkanes) is 2. The van der Waals surface area contributed by atoms with Gasteiger partial charge in [0.25, 0.3) is 5.56 Å². The second-order valence-electron chi connectivity index (χ2n) is 9.36. The molecular weight excluding hydrogens is 522 g/mol. The molecule has 1 atom stereocenters. The van der Waals surface area contributed by atoms with E-state index in [0.717, 1.165) is 19.3 Å². The van der Waals surface area contributed by atoms with Gasteiger partial charge in [0.15, 0.2) is 0 Å². The van der Waals surface area contributed by atoms with Crippen LogP contribution in [0.4, 0.5) is 0 Å². The smallest absolute Gasteiger partial charge is 0.266 e. The summed E-state index contributed by atoms with van der Waals surface area (Å²) in [7, 11) is 3.13. The van der Waals surface area contributed by atoms with Crippen molar-refractivity contribution in [3.05, 3.63) is 57.0 Å². The Morgan fingerprint density at radius 1 is 1.11 bits per heavy atom. The number of hydrogen-bond acceptors (Lipinski definition) is 5. The number of fused-ring (bicyclic) bond motifs is 1. The topological polar surface area (TPSA) is 73.7 Å². The Labute approximate surface area is 221 Å². The van der Waals surface area contributed by atoms with E-state index in [4.69, 9.17) is 14.5 Å². The molecule has 1 aromatic heterocycles. The standard InChI is InChI=1S/C28H36BrN3O4/c1-7-8-11-14-31(25(33)15-18(2)3)19(4)27-30-22-13-10-9-12-21(22)28(34)32(27)23-16-20(35-5)17-24(36-6)26(23)29/h9-10,12-13,16-19H,7-8,11,14-15H2,1-6H3. The van der Waals surface area contributed by atoms with Crippen molar-refractivity contribution in [2.75, 3.05) is 20.8 Å². The fourth-order valence-corrected chi connectivity index (χ4v) is 4.89. The molecule has 1 amide bonds. The molecule has 0 aliphatic carbocycles. The third kappa shape index (κ3) is 5.91. The summed E-state index contributed by atoms with van der Waals surface area (Å²) in [4.78, 5) is 34.2. The van der Waals surface area contributed by atoms with Gasteiger partial charge in [-0.1, -0.05) is 45.7 Å². The molecule has 0 bridgehead atoms. The molecule has 194 valence electrons. The molecule has 0 saturated heterocycles. The van der Waals surface area contributed by atoms with E-state index in [-0.39, 0.29) is 17.4 Å². The van der Waals surface area contributed by atoms with Crippen LogP contribution in [0.3, 0.4) is 0 Å². The number of ether oxygens (including phenoxy) is 2. The first-order chi connectivity index (χ1) is 17.2. The summed E-state index contributed by atoms with van der Waals surface area (Å²) in [5.74, 6) is 1.84. The Hall–Kier alpha value is -2.87. The molecule has 1 unspecified atom stereocenters. The number of aromatic nitrogens is 2. The number of hydrogen-bond donors (Lipinski definition) is 0. The number of rotatable bonds is 11. The molecule has 3 aromatic rings. The van der Waals surface area contributed by atoms with E-state index in [1.54, 1.807) is 37.0 Å². The van der Waals surface area contributed by atoms with Crippen LogP contribution in [0.1, 0.15) is 65.2 Å². The zero-order valence-corrected chi connectivity index (χ0v) is 23.6. The lowest BCUT2D eigenvalue weighted by Gasteiger charge is -2.31. The first-order valence-electron chi connectivity index (χ1n) is 12.5. The average Bonchev–Trinajstić information content (AvgIpc) is 2.86. The number of para-hydroxylation sites is 1. The van der Waals surface area contributed by atoms with Gasteiger partial charge in [-0.25, -0.2) is 4.98 Å². The molecule has 0 saturated carbocycles. The van der Waals surface area contributed by atoms with Gasteiger partial charge in [-0.3, -0.25) is 14.2 Å². The maximum absolute atomic E-state index is 14.0. The summed E-state index contributed by atoms with van der Waals surface area (Å²) in [6.07, 6.45) is 3.40. The van der Waals surface area contributed by atoms with E-state index in [1.807, 2.05) is 43.9 Å². The van der Waals surface area contributed by atoms with Gasteiger partial charge in [-0.15, -0.1) is 0 Å². The van der Waals surface area contributed by atoms with Crippen LogP contribution in [-0.4, -0.2) is 41.1 Å². The van der Waals surface area contributed by atoms with Crippen molar-refractivity contribution >= 4 is 32.7 Å². The molecule has 0 spiro atoms. The largest absolute Gasteiger partial charge is 0.497 e. The van der Waals surface area contributed by atoms with Gasteiger partial charge in [0.1, 0.15) is 17.3 Å². The van der Waals surface area contributed by atoms with Gasteiger partial charge in [0, 0.05) is 25.1 Å². The lowest BCUT2D eigenvalue weighted by Crippen LogP contribution is -2.38. The van der Waals surface area contributed by atoms with E-state index in [0.29, 0.717) is 51.4 Å². The second kappa shape index (κ2) is 12.4. The summed E-state index contributed by atoms with van der Waals surface area (Å²) in [6.45, 7) is 8.77. The molecule has 36 heavy (non-hydrogen) atoms. The highest BCUT2D eigenvalue weighted by Gasteiger charge is 2.28. The molecule has 7 nitrogen and oxygen atoms in total. The molecule has 8 heteroatoms. The quantitative estimate of drug-likeness (QED) is 0.259. The Morgan fingerprint density at radius 2 is 1.83 bits per heavy atom. The maximum Gasteiger partial charge on any atom is 0.266 e. The van der Waals surface area contributed by atoms with Gasteiger partial charge in [-0.05, 0) is 47.3 Å². The van der Waals surface area contributed by atoms with Gasteiger partial charge >= 0.3 is 0 Å². The summed E-state index contributed by atoms with van der Waals surface area (Å²) < 4.78 is 13.2. The van der Waals surface area contributed by atoms with Crippen LogP contribution < -0.4 is 15.0 Å². The van der Waals surface area contributed by atoms with Crippen LogP contribution in [0.15, 0.2) is 45.7 Å². The average molecular weight is 559 g/mol. The predicted molar refractivity (Wildman–Crippen MR) is 147 cm³/mol. The third-order valence-electron chi connectivity index (χ3n) is 6.24. The minimum atomic E-state index is -0.436. The van der Waals surface area contributed by atoms with Crippen molar-refractivity contribution < 1.29 is 14.3 Å². The minimum Gasteiger partial charge on any atom is -0.497 e. The fourth-order valence-electron chi connectivity index (χ4n) is 4.32.